The molecule has 1 fully saturated rings. The van der Waals surface area contributed by atoms with Crippen molar-refractivity contribution in [2.75, 3.05) is 37.8 Å². The van der Waals surface area contributed by atoms with Crippen molar-refractivity contribution in [2.24, 2.45) is 0 Å². The number of hydrogen-bond donors (Lipinski definition) is 1. The summed E-state index contributed by atoms with van der Waals surface area (Å²) in [6.45, 7) is 1.70. The zero-order valence-corrected chi connectivity index (χ0v) is 11.9. The number of nitro benzene ring substituents is 1. The van der Waals surface area contributed by atoms with Gasteiger partial charge in [0.05, 0.1) is 10.4 Å². The molecule has 0 radical (unpaired) electrons. The highest BCUT2D eigenvalue weighted by molar-refractivity contribution is 5.90. The van der Waals surface area contributed by atoms with Crippen LogP contribution in [0.1, 0.15) is 0 Å². The van der Waals surface area contributed by atoms with Gasteiger partial charge in [-0.05, 0) is 20.2 Å². The lowest BCUT2D eigenvalue weighted by molar-refractivity contribution is -0.384. The summed E-state index contributed by atoms with van der Waals surface area (Å²) in [5, 5.41) is 11.3. The Labute approximate surface area is 121 Å². The van der Waals surface area contributed by atoms with E-state index in [0.29, 0.717) is 22.9 Å². The maximum Gasteiger partial charge on any atom is 0.270 e. The summed E-state index contributed by atoms with van der Waals surface area (Å²) < 4.78 is 0. The van der Waals surface area contributed by atoms with E-state index < -0.39 is 4.92 Å². The third-order valence-electron chi connectivity index (χ3n) is 3.78. The van der Waals surface area contributed by atoms with Crippen LogP contribution in [0.3, 0.4) is 0 Å². The number of non-ortho nitro benzene ring substituents is 1. The predicted molar refractivity (Wildman–Crippen MR) is 80.3 cm³/mol. The zero-order valence-electron chi connectivity index (χ0n) is 11.9. The lowest BCUT2D eigenvalue weighted by Gasteiger charge is -2.42. The molecule has 0 aliphatic carbocycles. The summed E-state index contributed by atoms with van der Waals surface area (Å²) in [5.41, 5.74) is 6.54. The molecule has 0 unspecified atom stereocenters. The van der Waals surface area contributed by atoms with E-state index in [1.54, 1.807) is 6.07 Å². The van der Waals surface area contributed by atoms with E-state index in [1.807, 2.05) is 19.0 Å². The van der Waals surface area contributed by atoms with Crippen LogP contribution >= 0.6 is 0 Å². The van der Waals surface area contributed by atoms with Crippen molar-refractivity contribution in [1.82, 2.24) is 14.9 Å². The molecule has 2 N–H and O–H groups in total. The Morgan fingerprint density at radius 1 is 1.38 bits per heavy atom. The monoisotopic (exact) mass is 288 g/mol. The Morgan fingerprint density at radius 3 is 2.71 bits per heavy atom. The molecule has 0 saturated carbocycles. The van der Waals surface area contributed by atoms with Crippen molar-refractivity contribution in [3.63, 3.8) is 0 Å². The van der Waals surface area contributed by atoms with Crippen LogP contribution in [0.4, 0.5) is 17.5 Å². The highest BCUT2D eigenvalue weighted by Gasteiger charge is 2.30. The average molecular weight is 288 g/mol. The molecule has 110 valence electrons. The molecule has 0 bridgehead atoms. The number of hydrogen-bond acceptors (Lipinski definition) is 7. The Balaban J connectivity index is 1.93. The van der Waals surface area contributed by atoms with Crippen molar-refractivity contribution in [3.8, 4) is 0 Å². The lowest BCUT2D eigenvalue weighted by Crippen LogP contribution is -2.58. The van der Waals surface area contributed by atoms with E-state index in [-0.39, 0.29) is 11.5 Å². The van der Waals surface area contributed by atoms with E-state index in [1.165, 1.54) is 12.1 Å². The number of anilines is 2. The molecule has 2 aromatic rings. The molecule has 0 atom stereocenters. The van der Waals surface area contributed by atoms with Crippen LogP contribution in [0.25, 0.3) is 10.9 Å². The number of benzene rings is 1. The second-order valence-electron chi connectivity index (χ2n) is 5.39. The highest BCUT2D eigenvalue weighted by atomic mass is 16.6. The first-order valence-corrected chi connectivity index (χ1v) is 6.59. The molecule has 8 heteroatoms. The van der Waals surface area contributed by atoms with Gasteiger partial charge in [0.2, 0.25) is 5.95 Å². The van der Waals surface area contributed by atoms with Crippen LogP contribution in [-0.2, 0) is 0 Å². The van der Waals surface area contributed by atoms with Gasteiger partial charge in [-0.2, -0.15) is 4.98 Å². The number of fused-ring (bicyclic) bond motifs is 1. The van der Waals surface area contributed by atoms with Gasteiger partial charge in [-0.3, -0.25) is 10.1 Å². The van der Waals surface area contributed by atoms with Crippen molar-refractivity contribution < 1.29 is 4.92 Å². The molecule has 0 amide bonds. The minimum absolute atomic E-state index is 0.0119. The number of rotatable bonds is 3. The van der Waals surface area contributed by atoms with Crippen molar-refractivity contribution in [2.45, 2.75) is 6.04 Å². The summed E-state index contributed by atoms with van der Waals surface area (Å²) >= 11 is 0. The number of nitrogens with two attached hydrogens (primary N) is 1. The van der Waals surface area contributed by atoms with E-state index in [2.05, 4.69) is 14.9 Å². The SMILES string of the molecule is CN(C)C1CN(c2nc(N)c3cc([N+](=O)[O-])ccc3n2)C1. The molecule has 1 aromatic carbocycles. The van der Waals surface area contributed by atoms with Crippen LogP contribution in [0.15, 0.2) is 18.2 Å². The molecule has 1 aliphatic rings. The van der Waals surface area contributed by atoms with Gasteiger partial charge in [0, 0.05) is 36.7 Å². The van der Waals surface area contributed by atoms with E-state index in [0.717, 1.165) is 13.1 Å². The fraction of sp³-hybridized carbons (Fsp3) is 0.385. The van der Waals surface area contributed by atoms with Gasteiger partial charge < -0.3 is 15.5 Å². The quantitative estimate of drug-likeness (QED) is 0.660. The normalized spacial score (nSPS) is 15.5. The van der Waals surface area contributed by atoms with Gasteiger partial charge in [-0.15, -0.1) is 0 Å². The molecule has 0 spiro atoms. The first kappa shape index (κ1) is 13.5. The van der Waals surface area contributed by atoms with E-state index >= 15 is 0 Å². The minimum atomic E-state index is -0.454. The first-order chi connectivity index (χ1) is 9.95. The summed E-state index contributed by atoms with van der Waals surface area (Å²) in [5.74, 6) is 0.846. The van der Waals surface area contributed by atoms with E-state index in [4.69, 9.17) is 5.73 Å². The topological polar surface area (TPSA) is 101 Å². The maximum absolute atomic E-state index is 10.8. The number of nitrogen functional groups attached to an aromatic ring is 1. The molecule has 1 aromatic heterocycles. The van der Waals surface area contributed by atoms with Crippen LogP contribution in [0.5, 0.6) is 0 Å². The minimum Gasteiger partial charge on any atom is -0.383 e. The Bertz CT molecular complexity index is 711. The van der Waals surface area contributed by atoms with Gasteiger partial charge >= 0.3 is 0 Å². The summed E-state index contributed by atoms with van der Waals surface area (Å²) in [7, 11) is 4.08. The standard InChI is InChI=1S/C13H16N6O2/c1-17(2)9-6-18(7-9)13-15-11-4-3-8(19(20)21)5-10(11)12(14)16-13/h3-5,9H,6-7H2,1-2H3,(H2,14,15,16). The predicted octanol–water partition coefficient (Wildman–Crippen LogP) is 0.870. The molecule has 8 nitrogen and oxygen atoms in total. The average Bonchev–Trinajstić information content (AvgIpc) is 2.36. The molecule has 21 heavy (non-hydrogen) atoms. The van der Waals surface area contributed by atoms with Crippen molar-refractivity contribution in [3.05, 3.63) is 28.3 Å². The molecule has 3 rings (SSSR count). The van der Waals surface area contributed by atoms with Gasteiger partial charge in [-0.25, -0.2) is 4.98 Å². The number of nitro groups is 1. The Hall–Kier alpha value is -2.48. The third-order valence-corrected chi connectivity index (χ3v) is 3.78. The number of aromatic nitrogens is 2. The zero-order chi connectivity index (χ0) is 15.1. The van der Waals surface area contributed by atoms with Crippen LogP contribution in [0.2, 0.25) is 0 Å². The van der Waals surface area contributed by atoms with Crippen LogP contribution in [-0.4, -0.2) is 53.0 Å². The van der Waals surface area contributed by atoms with Gasteiger partial charge in [0.15, 0.2) is 0 Å². The molecule has 2 heterocycles. The number of likely N-dealkylation sites (N-methyl/N-ethyl adjacent to an activating group) is 1. The summed E-state index contributed by atoms with van der Waals surface area (Å²) in [4.78, 5) is 23.3. The maximum atomic E-state index is 10.8. The number of nitrogens with zero attached hydrogens (tertiary/aromatic N) is 5. The largest absolute Gasteiger partial charge is 0.383 e. The Kier molecular flexibility index (Phi) is 3.09. The fourth-order valence-electron chi connectivity index (χ4n) is 2.33. The van der Waals surface area contributed by atoms with Gasteiger partial charge in [0.1, 0.15) is 5.82 Å². The lowest BCUT2D eigenvalue weighted by atomic mass is 10.1. The second-order valence-corrected chi connectivity index (χ2v) is 5.39. The summed E-state index contributed by atoms with van der Waals surface area (Å²) in [6.07, 6.45) is 0. The van der Waals surface area contributed by atoms with Crippen molar-refractivity contribution >= 4 is 28.4 Å². The molecule has 1 aliphatic heterocycles. The van der Waals surface area contributed by atoms with Gasteiger partial charge in [-0.1, -0.05) is 0 Å². The molecule has 1 saturated heterocycles. The molecular weight excluding hydrogens is 272 g/mol. The van der Waals surface area contributed by atoms with Crippen LogP contribution < -0.4 is 10.6 Å². The third kappa shape index (κ3) is 2.33. The van der Waals surface area contributed by atoms with Crippen LogP contribution in [0, 0.1) is 10.1 Å². The van der Waals surface area contributed by atoms with E-state index in [9.17, 15) is 10.1 Å². The highest BCUT2D eigenvalue weighted by Crippen LogP contribution is 2.27. The fourth-order valence-corrected chi connectivity index (χ4v) is 2.33. The van der Waals surface area contributed by atoms with Crippen molar-refractivity contribution in [1.29, 1.82) is 0 Å². The smallest absolute Gasteiger partial charge is 0.270 e. The molecular formula is C13H16N6O2. The first-order valence-electron chi connectivity index (χ1n) is 6.59. The summed E-state index contributed by atoms with van der Waals surface area (Å²) in [6, 6.07) is 4.94. The second kappa shape index (κ2) is 4.81. The Morgan fingerprint density at radius 2 is 2.10 bits per heavy atom. The van der Waals surface area contributed by atoms with Gasteiger partial charge in [0.25, 0.3) is 5.69 Å².